The molecule has 148 valence electrons. The number of likely N-dealkylation sites (tertiary alicyclic amines) is 1. The van der Waals surface area contributed by atoms with Crippen LogP contribution in [0.5, 0.6) is 0 Å². The Bertz CT molecular complexity index is 898. The van der Waals surface area contributed by atoms with E-state index in [0.29, 0.717) is 35.5 Å². The molecule has 0 saturated carbocycles. The SMILES string of the molecule is Cc1n[nH]c(C)c1C(O)=C1C(=O)C(=O)N(CCCN(C)C)C1c1cccnc1. The standard InChI is InChI=1S/C20H25N5O3/c1-12-15(13(2)23-22-12)18(26)16-17(14-7-5-8-21-11-14)25(20(28)19(16)27)10-6-9-24(3)4/h5,7-8,11,17,26H,6,9-10H2,1-4H3,(H,22,23). The van der Waals surface area contributed by atoms with Gasteiger partial charge in [0.25, 0.3) is 11.7 Å². The molecule has 1 saturated heterocycles. The minimum absolute atomic E-state index is 0.0791. The normalized spacial score (nSPS) is 19.0. The molecule has 3 rings (SSSR count). The first-order valence-corrected chi connectivity index (χ1v) is 9.18. The number of aryl methyl sites for hydroxylation is 2. The molecule has 1 aliphatic rings. The summed E-state index contributed by atoms with van der Waals surface area (Å²) in [6, 6.07) is 2.89. The molecule has 1 fully saturated rings. The van der Waals surface area contributed by atoms with Gasteiger partial charge in [-0.3, -0.25) is 19.7 Å². The number of hydrogen-bond acceptors (Lipinski definition) is 6. The highest BCUT2D eigenvalue weighted by molar-refractivity contribution is 6.46. The third-order valence-electron chi connectivity index (χ3n) is 4.91. The number of aliphatic hydroxyl groups excluding tert-OH is 1. The van der Waals surface area contributed by atoms with Crippen molar-refractivity contribution in [2.75, 3.05) is 27.2 Å². The Morgan fingerprint density at radius 1 is 1.32 bits per heavy atom. The first-order valence-electron chi connectivity index (χ1n) is 9.18. The second-order valence-corrected chi connectivity index (χ2v) is 7.24. The number of ketones is 1. The number of nitrogens with one attached hydrogen (secondary N) is 1. The Morgan fingerprint density at radius 2 is 2.07 bits per heavy atom. The molecule has 0 radical (unpaired) electrons. The van der Waals surface area contributed by atoms with Crippen LogP contribution >= 0.6 is 0 Å². The number of carbonyl (C=O) groups excluding carboxylic acids is 2. The molecular formula is C20H25N5O3. The van der Waals surface area contributed by atoms with Gasteiger partial charge in [0.2, 0.25) is 0 Å². The monoisotopic (exact) mass is 383 g/mol. The summed E-state index contributed by atoms with van der Waals surface area (Å²) >= 11 is 0. The van der Waals surface area contributed by atoms with Gasteiger partial charge in [-0.15, -0.1) is 0 Å². The molecular weight excluding hydrogens is 358 g/mol. The van der Waals surface area contributed by atoms with E-state index in [2.05, 4.69) is 15.2 Å². The summed E-state index contributed by atoms with van der Waals surface area (Å²) in [7, 11) is 3.91. The molecule has 1 aliphatic heterocycles. The number of pyridine rings is 1. The Hall–Kier alpha value is -3.00. The van der Waals surface area contributed by atoms with Crippen molar-refractivity contribution in [3.05, 3.63) is 52.6 Å². The Labute approximate surface area is 163 Å². The minimum atomic E-state index is -0.684. The predicted molar refractivity (Wildman–Crippen MR) is 104 cm³/mol. The topological polar surface area (TPSA) is 102 Å². The lowest BCUT2D eigenvalue weighted by atomic mass is 9.95. The maximum Gasteiger partial charge on any atom is 0.295 e. The average Bonchev–Trinajstić information content (AvgIpc) is 3.12. The number of rotatable bonds is 6. The fraction of sp³-hybridized carbons (Fsp3) is 0.400. The van der Waals surface area contributed by atoms with Gasteiger partial charge in [-0.2, -0.15) is 5.10 Å². The van der Waals surface area contributed by atoms with E-state index in [1.54, 1.807) is 32.3 Å². The van der Waals surface area contributed by atoms with Crippen LogP contribution in [-0.2, 0) is 9.59 Å². The van der Waals surface area contributed by atoms with Crippen molar-refractivity contribution in [1.82, 2.24) is 25.0 Å². The van der Waals surface area contributed by atoms with Crippen molar-refractivity contribution in [2.24, 2.45) is 0 Å². The Balaban J connectivity index is 2.10. The second-order valence-electron chi connectivity index (χ2n) is 7.24. The Kier molecular flexibility index (Phi) is 5.60. The molecule has 1 unspecified atom stereocenters. The lowest BCUT2D eigenvalue weighted by molar-refractivity contribution is -0.139. The highest BCUT2D eigenvalue weighted by Gasteiger charge is 2.46. The lowest BCUT2D eigenvalue weighted by Gasteiger charge is -2.25. The maximum absolute atomic E-state index is 12.9. The molecule has 0 aromatic carbocycles. The van der Waals surface area contributed by atoms with E-state index in [-0.39, 0.29) is 11.3 Å². The van der Waals surface area contributed by atoms with Gasteiger partial charge in [0.05, 0.1) is 22.9 Å². The first kappa shape index (κ1) is 19.8. The van der Waals surface area contributed by atoms with Gasteiger partial charge in [0.1, 0.15) is 5.76 Å². The third-order valence-corrected chi connectivity index (χ3v) is 4.91. The smallest absolute Gasteiger partial charge is 0.295 e. The fourth-order valence-corrected chi connectivity index (χ4v) is 3.59. The third kappa shape index (κ3) is 3.55. The van der Waals surface area contributed by atoms with Crippen LogP contribution in [0.1, 0.15) is 35.0 Å². The van der Waals surface area contributed by atoms with E-state index in [0.717, 1.165) is 6.54 Å². The maximum atomic E-state index is 12.9. The van der Waals surface area contributed by atoms with Crippen LogP contribution in [0, 0.1) is 13.8 Å². The van der Waals surface area contributed by atoms with Gasteiger partial charge in [-0.25, -0.2) is 0 Å². The molecule has 8 nitrogen and oxygen atoms in total. The van der Waals surface area contributed by atoms with Crippen LogP contribution in [0.3, 0.4) is 0 Å². The van der Waals surface area contributed by atoms with Crippen LogP contribution < -0.4 is 0 Å². The summed E-state index contributed by atoms with van der Waals surface area (Å²) < 4.78 is 0. The first-order chi connectivity index (χ1) is 13.3. The summed E-state index contributed by atoms with van der Waals surface area (Å²) in [6.07, 6.45) is 3.96. The highest BCUT2D eigenvalue weighted by atomic mass is 16.3. The molecule has 0 aliphatic carbocycles. The quantitative estimate of drug-likeness (QED) is 0.448. The van der Waals surface area contributed by atoms with Gasteiger partial charge in [-0.05, 0) is 52.5 Å². The summed E-state index contributed by atoms with van der Waals surface area (Å²) in [5.74, 6) is -1.49. The van der Waals surface area contributed by atoms with Gasteiger partial charge in [-0.1, -0.05) is 6.07 Å². The number of hydrogen-bond donors (Lipinski definition) is 2. The number of aromatic amines is 1. The summed E-state index contributed by atoms with van der Waals surface area (Å²) in [5.41, 5.74) is 2.43. The van der Waals surface area contributed by atoms with Crippen molar-refractivity contribution in [2.45, 2.75) is 26.3 Å². The molecule has 2 aromatic heterocycles. The van der Waals surface area contributed by atoms with E-state index in [1.165, 1.54) is 4.90 Å². The van der Waals surface area contributed by atoms with Crippen molar-refractivity contribution in [3.8, 4) is 0 Å². The molecule has 1 atom stereocenters. The zero-order valence-corrected chi connectivity index (χ0v) is 16.6. The van der Waals surface area contributed by atoms with E-state index >= 15 is 0 Å². The van der Waals surface area contributed by atoms with Crippen molar-refractivity contribution >= 4 is 17.4 Å². The van der Waals surface area contributed by atoms with Crippen LogP contribution in [-0.4, -0.2) is 69.0 Å². The van der Waals surface area contributed by atoms with Crippen LogP contribution in [0.15, 0.2) is 30.1 Å². The Morgan fingerprint density at radius 3 is 2.64 bits per heavy atom. The number of aliphatic hydroxyl groups is 1. The largest absolute Gasteiger partial charge is 0.507 e. The van der Waals surface area contributed by atoms with E-state index < -0.39 is 17.7 Å². The summed E-state index contributed by atoms with van der Waals surface area (Å²) in [6.45, 7) is 4.69. The van der Waals surface area contributed by atoms with Crippen molar-refractivity contribution < 1.29 is 14.7 Å². The zero-order chi connectivity index (χ0) is 20.4. The summed E-state index contributed by atoms with van der Waals surface area (Å²) in [4.78, 5) is 33.4. The molecule has 0 spiro atoms. The highest BCUT2D eigenvalue weighted by Crippen LogP contribution is 2.39. The number of carbonyl (C=O) groups is 2. The molecule has 0 bridgehead atoms. The van der Waals surface area contributed by atoms with Gasteiger partial charge < -0.3 is 14.9 Å². The molecule has 8 heteroatoms. The number of Topliss-reactive ketones (excluding diaryl/α,β-unsaturated/α-hetero) is 1. The average molecular weight is 383 g/mol. The van der Waals surface area contributed by atoms with Gasteiger partial charge >= 0.3 is 0 Å². The predicted octanol–water partition coefficient (Wildman–Crippen LogP) is 1.79. The number of amides is 1. The van der Waals surface area contributed by atoms with Crippen LogP contribution in [0.2, 0.25) is 0 Å². The van der Waals surface area contributed by atoms with Gasteiger partial charge in [0, 0.05) is 24.6 Å². The molecule has 2 aromatic rings. The van der Waals surface area contributed by atoms with Crippen LogP contribution in [0.25, 0.3) is 5.76 Å². The van der Waals surface area contributed by atoms with E-state index in [1.807, 2.05) is 25.1 Å². The van der Waals surface area contributed by atoms with Crippen molar-refractivity contribution in [3.63, 3.8) is 0 Å². The molecule has 3 heterocycles. The number of aromatic nitrogens is 3. The van der Waals surface area contributed by atoms with E-state index in [4.69, 9.17) is 0 Å². The summed E-state index contributed by atoms with van der Waals surface area (Å²) in [5, 5.41) is 17.9. The molecule has 2 N–H and O–H groups in total. The second kappa shape index (κ2) is 7.93. The molecule has 1 amide bonds. The lowest BCUT2D eigenvalue weighted by Crippen LogP contribution is -2.32. The number of nitrogens with zero attached hydrogens (tertiary/aromatic N) is 4. The zero-order valence-electron chi connectivity index (χ0n) is 16.6. The van der Waals surface area contributed by atoms with Crippen molar-refractivity contribution in [1.29, 1.82) is 0 Å². The van der Waals surface area contributed by atoms with Crippen LogP contribution in [0.4, 0.5) is 0 Å². The van der Waals surface area contributed by atoms with E-state index in [9.17, 15) is 14.7 Å². The number of H-pyrrole nitrogens is 1. The molecule has 28 heavy (non-hydrogen) atoms. The minimum Gasteiger partial charge on any atom is -0.507 e. The fourth-order valence-electron chi connectivity index (χ4n) is 3.59. The van der Waals surface area contributed by atoms with Gasteiger partial charge in [0.15, 0.2) is 0 Å².